The zero-order valence-corrected chi connectivity index (χ0v) is 45.6. The first kappa shape index (κ1) is 59.5. The summed E-state index contributed by atoms with van der Waals surface area (Å²) in [5, 5.41) is 33.5. The maximum Gasteiger partial charge on any atom is 0.490 e. The lowest BCUT2D eigenvalue weighted by molar-refractivity contribution is -0.646. The first-order valence-corrected chi connectivity index (χ1v) is 30.0. The topological polar surface area (TPSA) is 545 Å². The summed E-state index contributed by atoms with van der Waals surface area (Å²) in [5.41, 5.74) is 13.8. The summed E-state index contributed by atoms with van der Waals surface area (Å²) < 4.78 is 113. The summed E-state index contributed by atoms with van der Waals surface area (Å²) in [4.78, 5) is 101. The first-order chi connectivity index (χ1) is 37.7. The number of fused-ring (bicyclic) bond motifs is 3. The number of aliphatic hydroxyl groups is 3. The normalized spacial score (nSPS) is 29.3. The van der Waals surface area contributed by atoms with Crippen molar-refractivity contribution in [1.82, 2.24) is 53.6 Å². The Morgan fingerprint density at radius 3 is 1.98 bits per heavy atom. The molecule has 9 heterocycles. The number of hydrogen-bond acceptors (Lipinski definition) is 29. The number of hydrogen-bond donors (Lipinski definition) is 11. The number of aromatic amines is 2. The van der Waals surface area contributed by atoms with Crippen molar-refractivity contribution in [3.8, 4) is 0 Å². The minimum atomic E-state index is -6.22. The molecule has 80 heavy (non-hydrogen) atoms. The number of aryl methyl sites for hydroxylation is 1. The van der Waals surface area contributed by atoms with E-state index in [4.69, 9.17) is 54.5 Å². The molecule has 0 bridgehead atoms. The highest BCUT2D eigenvalue weighted by Crippen LogP contribution is 2.68. The second-order valence-electron chi connectivity index (χ2n) is 18.4. The fourth-order valence-corrected chi connectivity index (χ4v) is 14.7. The van der Waals surface area contributed by atoms with Crippen molar-refractivity contribution in [3.63, 3.8) is 0 Å². The van der Waals surface area contributed by atoms with Crippen LogP contribution in [0.25, 0.3) is 33.5 Å². The average Bonchev–Trinajstić information content (AvgIpc) is 4.23. The molecule has 9 rings (SSSR count). The van der Waals surface area contributed by atoms with E-state index in [0.29, 0.717) is 12.8 Å². The van der Waals surface area contributed by atoms with Crippen LogP contribution in [0.1, 0.15) is 44.9 Å². The molecule has 6 aromatic heterocycles. The van der Waals surface area contributed by atoms with Crippen LogP contribution in [0.5, 0.6) is 0 Å². The first-order valence-electron chi connectivity index (χ1n) is 23.9. The molecule has 6 aromatic rings. The number of aromatic nitrogens is 12. The van der Waals surface area contributed by atoms with Crippen LogP contribution in [0.2, 0.25) is 0 Å². The lowest BCUT2D eigenvalue weighted by Crippen LogP contribution is -2.41. The standard InChI is InChI=1S/C38H55N15O23P4/c1-4-5-7-68-26-27(77(59,60)69-10-18-24(55)25(56)35(73-18)52-14-45-21-30(52)46-37(40)48-32(21)57)19(74-36(26)51-13-44-20-28(39)42-12-43-29(20)51)11-71-79(63,64)76-80(65,66)75-78(61,62)70-9-17-16(6-8-67-3)23(54)34(72-17)53-15-50(2)22-31(53)47-38(41)49-33(22)58/h12-19,23-27,34-36,54-56H,4-11H2,1-3H3,(H11-,39,40,41,42,43,46,47,48,49,57,58,59,60,61,62,63,64,65,66)/t16-,17-,18-,19?,23-,24-,25-,26-,27-,34-,35-,36-/m1/s1. The van der Waals surface area contributed by atoms with Gasteiger partial charge < -0.3 is 84.9 Å². The fraction of sp³-hybridized carbons (Fsp3) is 0.605. The van der Waals surface area contributed by atoms with Crippen LogP contribution >= 0.6 is 31.1 Å². The van der Waals surface area contributed by atoms with Gasteiger partial charge in [-0.1, -0.05) is 13.3 Å². The number of imidazole rings is 3. The van der Waals surface area contributed by atoms with E-state index in [1.807, 2.05) is 0 Å². The van der Waals surface area contributed by atoms with Gasteiger partial charge in [-0.15, -0.1) is 0 Å². The van der Waals surface area contributed by atoms with Gasteiger partial charge in [0.25, 0.3) is 16.7 Å². The summed E-state index contributed by atoms with van der Waals surface area (Å²) in [6.07, 6.45) is -10.4. The molecule has 0 spiro atoms. The smallest absolute Gasteiger partial charge is 0.490 e. The molecular weight excluding hydrogens is 1160 g/mol. The number of ether oxygens (including phenoxy) is 5. The van der Waals surface area contributed by atoms with Gasteiger partial charge in [-0.25, -0.2) is 38.2 Å². The van der Waals surface area contributed by atoms with Gasteiger partial charge in [0, 0.05) is 26.2 Å². The summed E-state index contributed by atoms with van der Waals surface area (Å²) in [6.45, 7) is -1.57. The van der Waals surface area contributed by atoms with Crippen molar-refractivity contribution >= 4 is 82.3 Å². The van der Waals surface area contributed by atoms with Crippen molar-refractivity contribution in [2.24, 2.45) is 13.0 Å². The Hall–Kier alpha value is -5.11. The molecule has 3 aliphatic heterocycles. The van der Waals surface area contributed by atoms with Crippen molar-refractivity contribution in [2.75, 3.05) is 57.3 Å². The molecule has 0 saturated carbocycles. The third-order valence-corrected chi connectivity index (χ3v) is 19.2. The van der Waals surface area contributed by atoms with Gasteiger partial charge in [-0.2, -0.15) is 23.2 Å². The minimum Gasteiger partial charge on any atom is -0.778 e. The van der Waals surface area contributed by atoms with E-state index >= 15 is 0 Å². The number of nitrogen functional groups attached to an aromatic ring is 3. The highest BCUT2D eigenvalue weighted by Gasteiger charge is 2.55. The quantitative estimate of drug-likeness (QED) is 0.0165. The molecule has 0 amide bonds. The predicted octanol–water partition coefficient (Wildman–Crippen LogP) is -2.81. The molecule has 38 nitrogen and oxygen atoms in total. The SMILES string of the molecule is CCCCO[C@H]1[C@H](n2cnc3c(N)ncnc32)OC(COP(=O)(O)OP(=O)(O)OP(=O)(O)OC[C@H]2O[C@@H](n3c[n+](C)c4c(=O)[nH]c(N)nc43)[C@H](O)[C@@H]2CCOC)[C@H]1P(=O)([O-])OC[C@H]1O[C@@H](n2cnc3c(=O)[nH]c(N)nc32)[C@H](O)[C@@H]1O. The highest BCUT2D eigenvalue weighted by molar-refractivity contribution is 7.66. The Morgan fingerprint density at radius 1 is 0.713 bits per heavy atom. The van der Waals surface area contributed by atoms with E-state index in [-0.39, 0.29) is 70.8 Å². The van der Waals surface area contributed by atoms with Crippen LogP contribution in [-0.4, -0.2) is 172 Å². The second kappa shape index (κ2) is 23.3. The number of phosphoric ester groups is 2. The second-order valence-corrected chi connectivity index (χ2v) is 25.0. The Kier molecular flexibility index (Phi) is 17.3. The number of nitrogens with one attached hydrogen (secondary N) is 2. The molecule has 0 radical (unpaired) electrons. The molecule has 0 aromatic carbocycles. The Labute approximate surface area is 448 Å². The predicted molar refractivity (Wildman–Crippen MR) is 264 cm³/mol. The summed E-state index contributed by atoms with van der Waals surface area (Å²) in [7, 11) is -20.8. The van der Waals surface area contributed by atoms with Crippen molar-refractivity contribution < 1.29 is 104 Å². The number of rotatable bonds is 24. The largest absolute Gasteiger partial charge is 0.778 e. The maximum atomic E-state index is 14.6. The number of nitrogens with zero attached hydrogens (tertiary/aromatic N) is 10. The van der Waals surface area contributed by atoms with Crippen LogP contribution in [0.4, 0.5) is 17.7 Å². The van der Waals surface area contributed by atoms with Gasteiger partial charge in [-0.05, 0) is 12.8 Å². The van der Waals surface area contributed by atoms with Crippen molar-refractivity contribution in [3.05, 3.63) is 46.0 Å². The van der Waals surface area contributed by atoms with E-state index in [9.17, 15) is 62.7 Å². The molecule has 14 N–H and O–H groups in total. The number of anilines is 3. The molecule has 16 atom stereocenters. The number of unbranched alkanes of at least 4 members (excludes halogenated alkanes) is 1. The third-order valence-electron chi connectivity index (χ3n) is 13.1. The Bertz CT molecular complexity index is 3570. The van der Waals surface area contributed by atoms with Gasteiger partial charge in [-0.3, -0.25) is 37.7 Å². The van der Waals surface area contributed by atoms with Gasteiger partial charge in [0.15, 0.2) is 35.1 Å². The highest BCUT2D eigenvalue weighted by atomic mass is 31.3. The number of methoxy groups -OCH3 is 1. The zero-order valence-electron chi connectivity index (χ0n) is 42.0. The number of nitrogens with two attached hydrogens (primary N) is 3. The maximum absolute atomic E-state index is 14.6. The lowest BCUT2D eigenvalue weighted by atomic mass is 9.95. The molecular formula is C38H55N15O23P4. The van der Waals surface area contributed by atoms with Gasteiger partial charge in [0.1, 0.15) is 50.0 Å². The summed E-state index contributed by atoms with van der Waals surface area (Å²) in [5.74, 6) is -1.61. The minimum absolute atomic E-state index is 0.00286. The van der Waals surface area contributed by atoms with E-state index < -0.39 is 135 Å². The number of aliphatic hydroxyl groups excluding tert-OH is 3. The van der Waals surface area contributed by atoms with Gasteiger partial charge >= 0.3 is 29.0 Å². The number of H-pyrrole nitrogens is 2. The monoisotopic (exact) mass is 1210 g/mol. The molecule has 3 saturated heterocycles. The summed E-state index contributed by atoms with van der Waals surface area (Å²) >= 11 is 0. The van der Waals surface area contributed by atoms with Crippen LogP contribution in [-0.2, 0) is 71.2 Å². The van der Waals surface area contributed by atoms with Crippen LogP contribution in [0.15, 0.2) is 34.9 Å². The number of phosphoric acid groups is 3. The van der Waals surface area contributed by atoms with E-state index in [1.165, 1.54) is 34.2 Å². The molecule has 3 aliphatic rings. The van der Waals surface area contributed by atoms with E-state index in [2.05, 4.69) is 48.5 Å². The Morgan fingerprint density at radius 2 is 1.30 bits per heavy atom. The van der Waals surface area contributed by atoms with Gasteiger partial charge in [0.05, 0.1) is 57.4 Å². The zero-order chi connectivity index (χ0) is 57.8. The van der Waals surface area contributed by atoms with Crippen molar-refractivity contribution in [2.45, 2.75) is 93.3 Å². The van der Waals surface area contributed by atoms with Crippen LogP contribution < -0.4 is 37.8 Å². The molecule has 5 unspecified atom stereocenters. The molecule has 42 heteroatoms. The lowest BCUT2D eigenvalue weighted by Gasteiger charge is -2.36. The molecule has 440 valence electrons. The average molecular weight is 1210 g/mol. The van der Waals surface area contributed by atoms with Gasteiger partial charge in [0.2, 0.25) is 24.5 Å². The van der Waals surface area contributed by atoms with Crippen LogP contribution in [0.3, 0.4) is 0 Å². The third kappa shape index (κ3) is 12.2. The Balaban J connectivity index is 0.913. The van der Waals surface area contributed by atoms with Crippen LogP contribution in [0, 0.1) is 5.92 Å². The van der Waals surface area contributed by atoms with E-state index in [1.54, 1.807) is 6.92 Å². The van der Waals surface area contributed by atoms with E-state index in [0.717, 1.165) is 23.5 Å². The summed E-state index contributed by atoms with van der Waals surface area (Å²) in [6, 6.07) is 0. The van der Waals surface area contributed by atoms with Crippen molar-refractivity contribution in [1.29, 1.82) is 0 Å². The fourth-order valence-electron chi connectivity index (χ4n) is 9.46. The molecule has 0 aliphatic carbocycles. The molecule has 3 fully saturated rings.